The van der Waals surface area contributed by atoms with Gasteiger partial charge >= 0.3 is 0 Å². The van der Waals surface area contributed by atoms with Gasteiger partial charge in [0.25, 0.3) is 0 Å². The van der Waals surface area contributed by atoms with Crippen LogP contribution in [0.2, 0.25) is 0 Å². The molecule has 2 heterocycles. The SMILES string of the molecule is CCCn1nccc1C(O)C1CSC(C)C(C)S1. The lowest BCUT2D eigenvalue weighted by atomic mass is 10.2. The van der Waals surface area contributed by atoms with E-state index in [-0.39, 0.29) is 5.25 Å². The molecule has 0 amide bonds. The summed E-state index contributed by atoms with van der Waals surface area (Å²) >= 11 is 3.88. The fourth-order valence-corrected chi connectivity index (χ4v) is 5.14. The highest BCUT2D eigenvalue weighted by molar-refractivity contribution is 8.07. The van der Waals surface area contributed by atoms with Crippen LogP contribution in [0.5, 0.6) is 0 Å². The molecule has 2 rings (SSSR count). The maximum absolute atomic E-state index is 10.6. The number of hydrogen-bond acceptors (Lipinski definition) is 4. The molecule has 1 N–H and O–H groups in total. The van der Waals surface area contributed by atoms with Gasteiger partial charge in [-0.1, -0.05) is 20.8 Å². The summed E-state index contributed by atoms with van der Waals surface area (Å²) in [5.74, 6) is 1.02. The Morgan fingerprint density at radius 1 is 1.50 bits per heavy atom. The third-order valence-corrected chi connectivity index (χ3v) is 6.89. The average Bonchev–Trinajstić information content (AvgIpc) is 2.80. The number of thioether (sulfide) groups is 2. The van der Waals surface area contributed by atoms with E-state index in [1.807, 2.05) is 34.3 Å². The molecule has 18 heavy (non-hydrogen) atoms. The molecule has 4 unspecified atom stereocenters. The largest absolute Gasteiger partial charge is 0.386 e. The summed E-state index contributed by atoms with van der Waals surface area (Å²) in [5.41, 5.74) is 0.969. The van der Waals surface area contributed by atoms with E-state index in [4.69, 9.17) is 0 Å². The van der Waals surface area contributed by atoms with Crippen LogP contribution in [0.25, 0.3) is 0 Å². The van der Waals surface area contributed by atoms with E-state index in [1.165, 1.54) is 0 Å². The molecule has 0 saturated carbocycles. The molecule has 1 aromatic heterocycles. The van der Waals surface area contributed by atoms with Gasteiger partial charge in [-0.3, -0.25) is 4.68 Å². The van der Waals surface area contributed by atoms with Gasteiger partial charge in [0.15, 0.2) is 0 Å². The van der Waals surface area contributed by atoms with E-state index >= 15 is 0 Å². The molecule has 4 atom stereocenters. The standard InChI is InChI=1S/C13H22N2OS2/c1-4-7-15-11(5-6-14-15)13(16)12-8-17-9(2)10(3)18-12/h5-6,9-10,12-13,16H,4,7-8H2,1-3H3. The van der Waals surface area contributed by atoms with Crippen molar-refractivity contribution in [1.29, 1.82) is 0 Å². The van der Waals surface area contributed by atoms with Crippen molar-refractivity contribution < 1.29 is 5.11 Å². The first-order valence-corrected chi connectivity index (χ1v) is 8.59. The number of hydrogen-bond donors (Lipinski definition) is 1. The van der Waals surface area contributed by atoms with Gasteiger partial charge in [-0.15, -0.1) is 0 Å². The molecule has 3 nitrogen and oxygen atoms in total. The van der Waals surface area contributed by atoms with Gasteiger partial charge < -0.3 is 5.11 Å². The molecular formula is C13H22N2OS2. The van der Waals surface area contributed by atoms with E-state index < -0.39 is 6.10 Å². The Hall–Kier alpha value is -0.130. The number of aryl methyl sites for hydroxylation is 1. The number of aromatic nitrogens is 2. The molecule has 1 saturated heterocycles. The molecule has 0 aliphatic carbocycles. The van der Waals surface area contributed by atoms with Crippen molar-refractivity contribution in [2.45, 2.75) is 55.6 Å². The smallest absolute Gasteiger partial charge is 0.108 e. The number of aliphatic hydroxyl groups excluding tert-OH is 1. The van der Waals surface area contributed by atoms with Crippen molar-refractivity contribution in [3.63, 3.8) is 0 Å². The Morgan fingerprint density at radius 2 is 2.28 bits per heavy atom. The molecule has 0 aromatic carbocycles. The van der Waals surface area contributed by atoms with Crippen molar-refractivity contribution in [1.82, 2.24) is 9.78 Å². The van der Waals surface area contributed by atoms with Crippen LogP contribution in [-0.4, -0.2) is 36.4 Å². The van der Waals surface area contributed by atoms with Gasteiger partial charge in [0.1, 0.15) is 6.10 Å². The zero-order valence-electron chi connectivity index (χ0n) is 11.2. The maximum Gasteiger partial charge on any atom is 0.108 e. The van der Waals surface area contributed by atoms with Gasteiger partial charge in [-0.25, -0.2) is 0 Å². The van der Waals surface area contributed by atoms with E-state index in [0.717, 1.165) is 24.4 Å². The first-order valence-electron chi connectivity index (χ1n) is 6.60. The lowest BCUT2D eigenvalue weighted by Crippen LogP contribution is -2.31. The van der Waals surface area contributed by atoms with Crippen LogP contribution >= 0.6 is 23.5 Å². The lowest BCUT2D eigenvalue weighted by Gasteiger charge is -2.33. The summed E-state index contributed by atoms with van der Waals surface area (Å²) in [6, 6.07) is 1.95. The highest BCUT2D eigenvalue weighted by atomic mass is 32.2. The minimum Gasteiger partial charge on any atom is -0.386 e. The first-order chi connectivity index (χ1) is 8.63. The molecule has 1 aliphatic rings. The second-order valence-electron chi connectivity index (χ2n) is 4.84. The van der Waals surface area contributed by atoms with Crippen molar-refractivity contribution in [2.75, 3.05) is 5.75 Å². The zero-order valence-corrected chi connectivity index (χ0v) is 12.9. The van der Waals surface area contributed by atoms with Crippen molar-refractivity contribution in [3.8, 4) is 0 Å². The van der Waals surface area contributed by atoms with Crippen LogP contribution in [0, 0.1) is 0 Å². The Bertz CT molecular complexity index is 383. The summed E-state index contributed by atoms with van der Waals surface area (Å²) in [7, 11) is 0. The predicted octanol–water partition coefficient (Wildman–Crippen LogP) is 2.95. The quantitative estimate of drug-likeness (QED) is 0.923. The molecular weight excluding hydrogens is 264 g/mol. The van der Waals surface area contributed by atoms with Gasteiger partial charge in [-0.2, -0.15) is 28.6 Å². The average molecular weight is 286 g/mol. The maximum atomic E-state index is 10.6. The summed E-state index contributed by atoms with van der Waals surface area (Å²) in [6.07, 6.45) is 2.44. The fourth-order valence-electron chi connectivity index (χ4n) is 2.16. The van der Waals surface area contributed by atoms with Crippen molar-refractivity contribution >= 4 is 23.5 Å². The van der Waals surface area contributed by atoms with Gasteiger partial charge in [0, 0.05) is 34.2 Å². The second kappa shape index (κ2) is 6.35. The van der Waals surface area contributed by atoms with Crippen molar-refractivity contribution in [2.24, 2.45) is 0 Å². The normalized spacial score (nSPS) is 30.3. The first kappa shape index (κ1) is 14.3. The van der Waals surface area contributed by atoms with Crippen LogP contribution in [0.1, 0.15) is 39.0 Å². The summed E-state index contributed by atoms with van der Waals surface area (Å²) in [5, 5.41) is 16.4. The highest BCUT2D eigenvalue weighted by Gasteiger charge is 2.32. The second-order valence-corrected chi connectivity index (χ2v) is 7.87. The molecule has 5 heteroatoms. The van der Waals surface area contributed by atoms with Crippen LogP contribution in [-0.2, 0) is 6.54 Å². The van der Waals surface area contributed by atoms with Crippen LogP contribution in [0.3, 0.4) is 0 Å². The van der Waals surface area contributed by atoms with E-state index in [9.17, 15) is 5.11 Å². The topological polar surface area (TPSA) is 38.0 Å². The summed E-state index contributed by atoms with van der Waals surface area (Å²) < 4.78 is 1.94. The number of aliphatic hydroxyl groups is 1. The third kappa shape index (κ3) is 3.06. The molecule has 0 spiro atoms. The third-order valence-electron chi connectivity index (χ3n) is 3.41. The molecule has 0 bridgehead atoms. The fraction of sp³-hybridized carbons (Fsp3) is 0.769. The molecule has 1 aromatic rings. The molecule has 102 valence electrons. The highest BCUT2D eigenvalue weighted by Crippen LogP contribution is 2.40. The van der Waals surface area contributed by atoms with Gasteiger partial charge in [0.2, 0.25) is 0 Å². The Labute approximate surface area is 118 Å². The Morgan fingerprint density at radius 3 is 2.94 bits per heavy atom. The minimum atomic E-state index is -0.397. The van der Waals surface area contributed by atoms with Crippen LogP contribution in [0.15, 0.2) is 12.3 Å². The van der Waals surface area contributed by atoms with E-state index in [0.29, 0.717) is 10.5 Å². The predicted molar refractivity (Wildman–Crippen MR) is 80.2 cm³/mol. The van der Waals surface area contributed by atoms with Crippen molar-refractivity contribution in [3.05, 3.63) is 18.0 Å². The zero-order chi connectivity index (χ0) is 13.1. The number of nitrogens with zero attached hydrogens (tertiary/aromatic N) is 2. The van der Waals surface area contributed by atoms with Gasteiger partial charge in [0.05, 0.1) is 5.69 Å². The lowest BCUT2D eigenvalue weighted by molar-refractivity contribution is 0.168. The molecule has 1 fully saturated rings. The minimum absolute atomic E-state index is 0.286. The van der Waals surface area contributed by atoms with Crippen LogP contribution in [0.4, 0.5) is 0 Å². The Balaban J connectivity index is 2.06. The monoisotopic (exact) mass is 286 g/mol. The molecule has 0 radical (unpaired) electrons. The van der Waals surface area contributed by atoms with E-state index in [1.54, 1.807) is 6.20 Å². The molecule has 1 aliphatic heterocycles. The summed E-state index contributed by atoms with van der Waals surface area (Å²) in [4.78, 5) is 0. The van der Waals surface area contributed by atoms with Crippen LogP contribution < -0.4 is 0 Å². The Kier molecular flexibility index (Phi) is 5.04. The van der Waals surface area contributed by atoms with Gasteiger partial charge in [-0.05, 0) is 12.5 Å². The van der Waals surface area contributed by atoms with E-state index in [2.05, 4.69) is 25.9 Å². The number of rotatable bonds is 4. The summed E-state index contributed by atoms with van der Waals surface area (Å²) in [6.45, 7) is 7.54.